The molecule has 3 aromatic rings. The van der Waals surface area contributed by atoms with E-state index in [1.54, 1.807) is 10.7 Å². The van der Waals surface area contributed by atoms with Crippen LogP contribution in [0, 0.1) is 5.92 Å². The van der Waals surface area contributed by atoms with E-state index < -0.39 is 5.97 Å². The fourth-order valence-corrected chi connectivity index (χ4v) is 2.95. The molecule has 0 saturated carbocycles. The Morgan fingerprint density at radius 1 is 1.38 bits per heavy atom. The Morgan fingerprint density at radius 3 is 3.14 bits per heavy atom. The number of rotatable bonds is 2. The van der Waals surface area contributed by atoms with Gasteiger partial charge in [0.1, 0.15) is 5.82 Å². The van der Waals surface area contributed by atoms with Gasteiger partial charge in [0, 0.05) is 30.9 Å². The summed E-state index contributed by atoms with van der Waals surface area (Å²) in [5.74, 6) is -0.0911. The van der Waals surface area contributed by atoms with E-state index in [1.165, 1.54) is 0 Å². The number of carbonyl (C=O) groups is 1. The molecule has 21 heavy (non-hydrogen) atoms. The molecule has 0 aliphatic carbocycles. The van der Waals surface area contributed by atoms with Crippen molar-refractivity contribution in [3.05, 3.63) is 42.6 Å². The molecule has 1 aliphatic rings. The number of aliphatic carboxylic acids is 1. The molecule has 1 atom stereocenters. The highest BCUT2D eigenvalue weighted by Crippen LogP contribution is 2.28. The monoisotopic (exact) mass is 282 g/mol. The standard InChI is InChI=1S/C15H14N4O2/c20-15(21)11-1-2-14-16-8-13(18(14)9-11)10-4-6-19-12(7-10)3-5-17-19/h3-8,11H,1-2,9H2,(H,20,21). The van der Waals surface area contributed by atoms with Crippen LogP contribution in [0.4, 0.5) is 0 Å². The third kappa shape index (κ3) is 1.91. The van der Waals surface area contributed by atoms with Crippen LogP contribution in [0.1, 0.15) is 12.2 Å². The van der Waals surface area contributed by atoms with Crippen molar-refractivity contribution in [1.29, 1.82) is 0 Å². The lowest BCUT2D eigenvalue weighted by atomic mass is 9.99. The molecule has 106 valence electrons. The Labute approximate surface area is 120 Å². The zero-order chi connectivity index (χ0) is 14.4. The molecular formula is C15H14N4O2. The van der Waals surface area contributed by atoms with Crippen LogP contribution in [0.5, 0.6) is 0 Å². The van der Waals surface area contributed by atoms with E-state index in [9.17, 15) is 9.90 Å². The normalized spacial score (nSPS) is 17.8. The molecule has 0 aromatic carbocycles. The molecule has 4 heterocycles. The minimum Gasteiger partial charge on any atom is -0.481 e. The Hall–Kier alpha value is -2.63. The van der Waals surface area contributed by atoms with Gasteiger partial charge in [-0.1, -0.05) is 0 Å². The van der Waals surface area contributed by atoms with Gasteiger partial charge in [-0.05, 0) is 24.6 Å². The number of hydrogen-bond donors (Lipinski definition) is 1. The number of carboxylic acid groups (broad SMARTS) is 1. The Balaban J connectivity index is 1.79. The summed E-state index contributed by atoms with van der Waals surface area (Å²) < 4.78 is 3.83. The van der Waals surface area contributed by atoms with Crippen molar-refractivity contribution >= 4 is 11.5 Å². The molecule has 0 radical (unpaired) electrons. The van der Waals surface area contributed by atoms with Crippen LogP contribution >= 0.6 is 0 Å². The van der Waals surface area contributed by atoms with Gasteiger partial charge in [-0.15, -0.1) is 0 Å². The first-order valence-corrected chi connectivity index (χ1v) is 6.93. The first kappa shape index (κ1) is 12.1. The van der Waals surface area contributed by atoms with Gasteiger partial charge in [0.05, 0.1) is 23.3 Å². The molecule has 6 nitrogen and oxygen atoms in total. The highest BCUT2D eigenvalue weighted by atomic mass is 16.4. The molecule has 3 aromatic heterocycles. The van der Waals surface area contributed by atoms with Crippen LogP contribution in [0.2, 0.25) is 0 Å². The molecule has 0 bridgehead atoms. The molecule has 1 N–H and O–H groups in total. The van der Waals surface area contributed by atoms with Crippen molar-refractivity contribution < 1.29 is 9.90 Å². The van der Waals surface area contributed by atoms with Gasteiger partial charge in [-0.2, -0.15) is 5.10 Å². The zero-order valence-corrected chi connectivity index (χ0v) is 11.3. The summed E-state index contributed by atoms with van der Waals surface area (Å²) >= 11 is 0. The number of hydrogen-bond acceptors (Lipinski definition) is 3. The maximum absolute atomic E-state index is 11.2. The summed E-state index contributed by atoms with van der Waals surface area (Å²) in [6.07, 6.45) is 6.87. The summed E-state index contributed by atoms with van der Waals surface area (Å²) in [5.41, 5.74) is 3.01. The number of carboxylic acids is 1. The second-order valence-corrected chi connectivity index (χ2v) is 5.36. The summed E-state index contributed by atoms with van der Waals surface area (Å²) in [4.78, 5) is 15.7. The molecule has 6 heteroatoms. The van der Waals surface area contributed by atoms with Crippen LogP contribution in [0.25, 0.3) is 16.8 Å². The minimum absolute atomic E-state index is 0.329. The molecule has 1 unspecified atom stereocenters. The maximum Gasteiger partial charge on any atom is 0.308 e. The smallest absolute Gasteiger partial charge is 0.308 e. The largest absolute Gasteiger partial charge is 0.481 e. The second kappa shape index (κ2) is 4.44. The van der Waals surface area contributed by atoms with Crippen LogP contribution in [0.3, 0.4) is 0 Å². The van der Waals surface area contributed by atoms with Gasteiger partial charge >= 0.3 is 5.97 Å². The van der Waals surface area contributed by atoms with E-state index in [4.69, 9.17) is 0 Å². The van der Waals surface area contributed by atoms with E-state index in [0.29, 0.717) is 19.4 Å². The molecular weight excluding hydrogens is 268 g/mol. The van der Waals surface area contributed by atoms with Crippen molar-refractivity contribution in [3.8, 4) is 11.3 Å². The SMILES string of the molecule is O=C(O)C1CCc2ncc(-c3ccn4nccc4c3)n2C1. The Bertz CT molecular complexity index is 833. The first-order valence-electron chi connectivity index (χ1n) is 6.93. The van der Waals surface area contributed by atoms with Gasteiger partial charge in [0.2, 0.25) is 0 Å². The third-order valence-corrected chi connectivity index (χ3v) is 4.10. The van der Waals surface area contributed by atoms with Gasteiger partial charge in [0.25, 0.3) is 0 Å². The average Bonchev–Trinajstić information content (AvgIpc) is 3.12. The maximum atomic E-state index is 11.2. The number of aromatic nitrogens is 4. The van der Waals surface area contributed by atoms with Crippen LogP contribution < -0.4 is 0 Å². The third-order valence-electron chi connectivity index (χ3n) is 4.10. The molecule has 0 saturated heterocycles. The predicted molar refractivity (Wildman–Crippen MR) is 75.9 cm³/mol. The minimum atomic E-state index is -0.730. The highest BCUT2D eigenvalue weighted by molar-refractivity contribution is 5.71. The Morgan fingerprint density at radius 2 is 2.29 bits per heavy atom. The topological polar surface area (TPSA) is 72.4 Å². The van der Waals surface area contributed by atoms with Crippen molar-refractivity contribution in [2.45, 2.75) is 19.4 Å². The van der Waals surface area contributed by atoms with Crippen molar-refractivity contribution in [2.24, 2.45) is 5.92 Å². The van der Waals surface area contributed by atoms with Crippen molar-refractivity contribution in [3.63, 3.8) is 0 Å². The molecule has 0 spiro atoms. The number of aryl methyl sites for hydroxylation is 1. The average molecular weight is 282 g/mol. The van der Waals surface area contributed by atoms with Gasteiger partial charge in [0.15, 0.2) is 0 Å². The lowest BCUT2D eigenvalue weighted by Gasteiger charge is -2.22. The molecule has 0 amide bonds. The Kier molecular flexibility index (Phi) is 2.57. The van der Waals surface area contributed by atoms with E-state index in [0.717, 1.165) is 22.6 Å². The summed E-state index contributed by atoms with van der Waals surface area (Å²) in [6, 6.07) is 5.97. The quantitative estimate of drug-likeness (QED) is 0.778. The lowest BCUT2D eigenvalue weighted by molar-refractivity contribution is -0.142. The van der Waals surface area contributed by atoms with Crippen molar-refractivity contribution in [2.75, 3.05) is 0 Å². The number of imidazole rings is 1. The zero-order valence-electron chi connectivity index (χ0n) is 11.3. The molecule has 0 fully saturated rings. The summed E-state index contributed by atoms with van der Waals surface area (Å²) in [5, 5.41) is 13.4. The van der Waals surface area contributed by atoms with E-state index in [-0.39, 0.29) is 5.92 Å². The van der Waals surface area contributed by atoms with Gasteiger partial charge in [-0.25, -0.2) is 9.50 Å². The van der Waals surface area contributed by atoms with E-state index in [1.807, 2.05) is 35.2 Å². The van der Waals surface area contributed by atoms with E-state index >= 15 is 0 Å². The van der Waals surface area contributed by atoms with Crippen LogP contribution in [0.15, 0.2) is 36.8 Å². The fourth-order valence-electron chi connectivity index (χ4n) is 2.95. The lowest BCUT2D eigenvalue weighted by Crippen LogP contribution is -2.27. The van der Waals surface area contributed by atoms with Gasteiger partial charge < -0.3 is 9.67 Å². The first-order chi connectivity index (χ1) is 10.2. The fraction of sp³-hybridized carbons (Fsp3) is 0.267. The van der Waals surface area contributed by atoms with E-state index in [2.05, 4.69) is 10.1 Å². The summed E-state index contributed by atoms with van der Waals surface area (Å²) in [7, 11) is 0. The summed E-state index contributed by atoms with van der Waals surface area (Å²) in [6.45, 7) is 0.491. The second-order valence-electron chi connectivity index (χ2n) is 5.36. The highest BCUT2D eigenvalue weighted by Gasteiger charge is 2.26. The van der Waals surface area contributed by atoms with Crippen LogP contribution in [-0.4, -0.2) is 30.2 Å². The van der Waals surface area contributed by atoms with Crippen LogP contribution in [-0.2, 0) is 17.8 Å². The van der Waals surface area contributed by atoms with Crippen molar-refractivity contribution in [1.82, 2.24) is 19.2 Å². The number of nitrogens with zero attached hydrogens (tertiary/aromatic N) is 4. The number of pyridine rings is 1. The molecule has 1 aliphatic heterocycles. The number of fused-ring (bicyclic) bond motifs is 2. The van der Waals surface area contributed by atoms with Gasteiger partial charge in [-0.3, -0.25) is 4.79 Å². The predicted octanol–water partition coefficient (Wildman–Crippen LogP) is 1.84. The molecule has 4 rings (SSSR count).